The molecule has 2 heterocycles. The summed E-state index contributed by atoms with van der Waals surface area (Å²) in [5.41, 5.74) is 4.26. The van der Waals surface area contributed by atoms with Gasteiger partial charge in [-0.25, -0.2) is 4.98 Å². The summed E-state index contributed by atoms with van der Waals surface area (Å²) in [5, 5.41) is 6.70. The van der Waals surface area contributed by atoms with Crippen LogP contribution < -0.4 is 19.7 Å². The minimum Gasteiger partial charge on any atom is -0.497 e. The Hall–Kier alpha value is -3.86. The van der Waals surface area contributed by atoms with Crippen molar-refractivity contribution < 1.29 is 22.6 Å². The topological polar surface area (TPSA) is 77.3 Å². The van der Waals surface area contributed by atoms with Crippen LogP contribution in [-0.4, -0.2) is 59.3 Å². The van der Waals surface area contributed by atoms with Gasteiger partial charge in [-0.15, -0.1) is 0 Å². The standard InChI is InChI=1S/C25H27F3N6O2/c1-16(11-29-15-25(26,27)28)34(19-7-20(35-3)10-21(8-19)36-4)18-5-6-22-23(9-18)32-24(13-30-22)17-12-31-33(2)14-17/h5-10,12-14,16,29H,11,15H2,1-4H3. The quantitative estimate of drug-likeness (QED) is 0.356. The molecule has 0 bridgehead atoms. The van der Waals surface area contributed by atoms with Gasteiger partial charge in [0.1, 0.15) is 11.5 Å². The molecule has 1 unspecified atom stereocenters. The maximum atomic E-state index is 12.8. The lowest BCUT2D eigenvalue weighted by molar-refractivity contribution is -0.124. The molecule has 0 aliphatic carbocycles. The molecule has 4 aromatic rings. The van der Waals surface area contributed by atoms with Crippen LogP contribution in [-0.2, 0) is 7.05 Å². The van der Waals surface area contributed by atoms with Crippen molar-refractivity contribution >= 4 is 22.4 Å². The molecule has 0 saturated heterocycles. The Morgan fingerprint density at radius 1 is 1.00 bits per heavy atom. The Kier molecular flexibility index (Phi) is 7.30. The van der Waals surface area contributed by atoms with Crippen LogP contribution in [0.3, 0.4) is 0 Å². The van der Waals surface area contributed by atoms with Gasteiger partial charge in [-0.2, -0.15) is 18.3 Å². The molecule has 36 heavy (non-hydrogen) atoms. The largest absolute Gasteiger partial charge is 0.497 e. The number of aromatic nitrogens is 4. The van der Waals surface area contributed by atoms with Crippen LogP contribution in [0.2, 0.25) is 0 Å². The molecule has 0 spiro atoms. The summed E-state index contributed by atoms with van der Waals surface area (Å²) < 4.78 is 50.9. The first kappa shape index (κ1) is 25.2. The second-order valence-corrected chi connectivity index (χ2v) is 8.37. The number of rotatable bonds is 9. The highest BCUT2D eigenvalue weighted by molar-refractivity contribution is 5.83. The summed E-state index contributed by atoms with van der Waals surface area (Å²) in [4.78, 5) is 11.2. The SMILES string of the molecule is COc1cc(OC)cc(N(c2ccc3ncc(-c4cnn(C)c4)nc3c2)C(C)CNCC(F)(F)F)c1. The van der Waals surface area contributed by atoms with E-state index in [1.807, 2.05) is 55.4 Å². The molecule has 190 valence electrons. The molecular weight excluding hydrogens is 473 g/mol. The van der Waals surface area contributed by atoms with E-state index in [9.17, 15) is 13.2 Å². The minimum absolute atomic E-state index is 0.0818. The summed E-state index contributed by atoms with van der Waals surface area (Å²) >= 11 is 0. The van der Waals surface area contributed by atoms with Crippen molar-refractivity contribution in [1.82, 2.24) is 25.1 Å². The number of alkyl halides is 3. The average molecular weight is 501 g/mol. The number of hydrogen-bond acceptors (Lipinski definition) is 7. The van der Waals surface area contributed by atoms with E-state index < -0.39 is 12.7 Å². The second-order valence-electron chi connectivity index (χ2n) is 8.37. The highest BCUT2D eigenvalue weighted by Gasteiger charge is 2.27. The number of halogens is 3. The van der Waals surface area contributed by atoms with Crippen molar-refractivity contribution in [3.63, 3.8) is 0 Å². The van der Waals surface area contributed by atoms with Gasteiger partial charge in [0.2, 0.25) is 0 Å². The molecule has 11 heteroatoms. The van der Waals surface area contributed by atoms with Crippen molar-refractivity contribution in [2.75, 3.05) is 32.2 Å². The number of aryl methyl sites for hydroxylation is 1. The van der Waals surface area contributed by atoms with Crippen LogP contribution in [0.5, 0.6) is 11.5 Å². The molecule has 8 nitrogen and oxygen atoms in total. The normalized spacial score (nSPS) is 12.5. The van der Waals surface area contributed by atoms with Crippen LogP contribution in [0.15, 0.2) is 55.0 Å². The Morgan fingerprint density at radius 3 is 2.33 bits per heavy atom. The molecule has 0 radical (unpaired) electrons. The lowest BCUT2D eigenvalue weighted by Gasteiger charge is -2.32. The lowest BCUT2D eigenvalue weighted by atomic mass is 10.1. The van der Waals surface area contributed by atoms with E-state index in [0.717, 1.165) is 11.3 Å². The van der Waals surface area contributed by atoms with Crippen LogP contribution in [0, 0.1) is 0 Å². The number of methoxy groups -OCH3 is 2. The zero-order valence-electron chi connectivity index (χ0n) is 20.4. The summed E-state index contributed by atoms with van der Waals surface area (Å²) in [6.45, 7) is 0.847. The van der Waals surface area contributed by atoms with E-state index in [2.05, 4.69) is 15.4 Å². The highest BCUT2D eigenvalue weighted by atomic mass is 19.4. The van der Waals surface area contributed by atoms with E-state index >= 15 is 0 Å². The van der Waals surface area contributed by atoms with E-state index in [1.165, 1.54) is 0 Å². The number of nitrogens with zero attached hydrogens (tertiary/aromatic N) is 5. The van der Waals surface area contributed by atoms with Gasteiger partial charge in [0.15, 0.2) is 0 Å². The first-order chi connectivity index (χ1) is 17.2. The molecule has 0 aliphatic rings. The zero-order valence-corrected chi connectivity index (χ0v) is 20.4. The number of anilines is 2. The molecule has 0 aliphatic heterocycles. The Bertz CT molecular complexity index is 1320. The lowest BCUT2D eigenvalue weighted by Crippen LogP contribution is -2.40. The fourth-order valence-corrected chi connectivity index (χ4v) is 3.95. The van der Waals surface area contributed by atoms with Gasteiger partial charge in [0.05, 0.1) is 49.9 Å². The fourth-order valence-electron chi connectivity index (χ4n) is 3.95. The van der Waals surface area contributed by atoms with Crippen molar-refractivity contribution in [3.05, 3.63) is 55.0 Å². The van der Waals surface area contributed by atoms with Gasteiger partial charge in [-0.3, -0.25) is 9.67 Å². The summed E-state index contributed by atoms with van der Waals surface area (Å²) in [6, 6.07) is 10.6. The first-order valence-electron chi connectivity index (χ1n) is 11.2. The third kappa shape index (κ3) is 5.85. The molecular formula is C25H27F3N6O2. The van der Waals surface area contributed by atoms with Crippen LogP contribution in [0.4, 0.5) is 24.5 Å². The average Bonchev–Trinajstić information content (AvgIpc) is 3.29. The molecule has 0 amide bonds. The summed E-state index contributed by atoms with van der Waals surface area (Å²) in [5.74, 6) is 1.12. The number of fused-ring (bicyclic) bond motifs is 1. The predicted octanol–water partition coefficient (Wildman–Crippen LogP) is 4.73. The molecule has 0 saturated carbocycles. The second kappa shape index (κ2) is 10.4. The molecule has 1 atom stereocenters. The van der Waals surface area contributed by atoms with Gasteiger partial charge < -0.3 is 19.7 Å². The van der Waals surface area contributed by atoms with Gasteiger partial charge >= 0.3 is 6.18 Å². The maximum Gasteiger partial charge on any atom is 0.401 e. The minimum atomic E-state index is -4.30. The van der Waals surface area contributed by atoms with Crippen molar-refractivity contribution in [1.29, 1.82) is 0 Å². The van der Waals surface area contributed by atoms with E-state index in [1.54, 1.807) is 37.4 Å². The summed E-state index contributed by atoms with van der Waals surface area (Å²) in [7, 11) is 4.91. The molecule has 2 aromatic heterocycles. The van der Waals surface area contributed by atoms with Crippen molar-refractivity contribution in [3.8, 4) is 22.8 Å². The van der Waals surface area contributed by atoms with Gasteiger partial charge in [-0.1, -0.05) is 0 Å². The monoisotopic (exact) mass is 500 g/mol. The van der Waals surface area contributed by atoms with Gasteiger partial charge in [-0.05, 0) is 25.1 Å². The number of ether oxygens (including phenoxy) is 2. The van der Waals surface area contributed by atoms with Gasteiger partial charge in [0.25, 0.3) is 0 Å². The Balaban J connectivity index is 1.76. The third-order valence-electron chi connectivity index (χ3n) is 5.62. The van der Waals surface area contributed by atoms with Crippen molar-refractivity contribution in [2.24, 2.45) is 7.05 Å². The van der Waals surface area contributed by atoms with Crippen molar-refractivity contribution in [2.45, 2.75) is 19.1 Å². The zero-order chi connectivity index (χ0) is 25.9. The Labute approximate surface area is 206 Å². The smallest absolute Gasteiger partial charge is 0.401 e. The molecule has 1 N–H and O–H groups in total. The van der Waals surface area contributed by atoms with Crippen LogP contribution in [0.25, 0.3) is 22.3 Å². The molecule has 2 aromatic carbocycles. The molecule has 0 fully saturated rings. The first-order valence-corrected chi connectivity index (χ1v) is 11.2. The maximum absolute atomic E-state index is 12.8. The molecule has 4 rings (SSSR count). The number of nitrogens with one attached hydrogen (secondary N) is 1. The van der Waals surface area contributed by atoms with Crippen LogP contribution in [0.1, 0.15) is 6.92 Å². The number of hydrogen-bond donors (Lipinski definition) is 1. The fraction of sp³-hybridized carbons (Fsp3) is 0.320. The number of benzene rings is 2. The van der Waals surface area contributed by atoms with Crippen LogP contribution >= 0.6 is 0 Å². The van der Waals surface area contributed by atoms with E-state index in [0.29, 0.717) is 33.9 Å². The summed E-state index contributed by atoms with van der Waals surface area (Å²) in [6.07, 6.45) is 0.949. The third-order valence-corrected chi connectivity index (χ3v) is 5.62. The van der Waals surface area contributed by atoms with Gasteiger partial charge in [0, 0.05) is 61.0 Å². The highest BCUT2D eigenvalue weighted by Crippen LogP contribution is 2.35. The Morgan fingerprint density at radius 2 is 1.72 bits per heavy atom. The van der Waals surface area contributed by atoms with E-state index in [-0.39, 0.29) is 12.6 Å². The van der Waals surface area contributed by atoms with E-state index in [4.69, 9.17) is 14.5 Å². The predicted molar refractivity (Wildman–Crippen MR) is 132 cm³/mol.